The molecule has 64 valence electrons. The summed E-state index contributed by atoms with van der Waals surface area (Å²) in [5.41, 5.74) is 4.68. The van der Waals surface area contributed by atoms with Crippen LogP contribution in [0.25, 0.3) is 0 Å². The van der Waals surface area contributed by atoms with Gasteiger partial charge in [-0.1, -0.05) is 23.8 Å². The standard InChI is InChI=1S/C10H13NS/c1-7-4-5-10(8(2)6-7)9(3)11-12/h4-6,12H,1-3H3. The molecule has 0 N–H and O–H groups in total. The lowest BCUT2D eigenvalue weighted by atomic mass is 10.0. The zero-order chi connectivity index (χ0) is 9.14. The summed E-state index contributed by atoms with van der Waals surface area (Å²) in [4.78, 5) is 0. The molecule has 0 amide bonds. The summed E-state index contributed by atoms with van der Waals surface area (Å²) in [6.07, 6.45) is 0. The van der Waals surface area contributed by atoms with E-state index in [2.05, 4.69) is 49.3 Å². The molecule has 0 heterocycles. The molecule has 0 radical (unpaired) electrons. The molecule has 0 saturated heterocycles. The highest BCUT2D eigenvalue weighted by Crippen LogP contribution is 2.11. The van der Waals surface area contributed by atoms with Crippen LogP contribution in [0, 0.1) is 13.8 Å². The number of nitrogens with zero attached hydrogens (tertiary/aromatic N) is 1. The summed E-state index contributed by atoms with van der Waals surface area (Å²) in [7, 11) is 0. The second-order valence-electron chi connectivity index (χ2n) is 3.00. The summed E-state index contributed by atoms with van der Waals surface area (Å²) in [5, 5.41) is 0. The zero-order valence-electron chi connectivity index (χ0n) is 7.63. The highest BCUT2D eigenvalue weighted by Gasteiger charge is 2.00. The fourth-order valence-electron chi connectivity index (χ4n) is 1.27. The molecular weight excluding hydrogens is 166 g/mol. The molecule has 2 heteroatoms. The lowest BCUT2D eigenvalue weighted by molar-refractivity contribution is 1.36. The Kier molecular flexibility index (Phi) is 2.93. The Morgan fingerprint density at radius 1 is 1.33 bits per heavy atom. The van der Waals surface area contributed by atoms with E-state index in [0.717, 1.165) is 5.71 Å². The predicted molar refractivity (Wildman–Crippen MR) is 57.1 cm³/mol. The summed E-state index contributed by atoms with van der Waals surface area (Å²) >= 11 is 3.89. The first-order valence-electron chi connectivity index (χ1n) is 3.91. The molecule has 0 fully saturated rings. The van der Waals surface area contributed by atoms with Gasteiger partial charge in [0, 0.05) is 0 Å². The van der Waals surface area contributed by atoms with Crippen LogP contribution < -0.4 is 0 Å². The van der Waals surface area contributed by atoms with Crippen LogP contribution in [0.1, 0.15) is 23.6 Å². The van der Waals surface area contributed by atoms with Crippen LogP contribution in [0.2, 0.25) is 0 Å². The van der Waals surface area contributed by atoms with E-state index < -0.39 is 0 Å². The molecule has 0 atom stereocenters. The predicted octanol–water partition coefficient (Wildman–Crippen LogP) is 2.96. The second-order valence-corrected chi connectivity index (χ2v) is 3.20. The molecule has 0 aromatic heterocycles. The van der Waals surface area contributed by atoms with Crippen molar-refractivity contribution in [2.45, 2.75) is 20.8 Å². The van der Waals surface area contributed by atoms with Crippen LogP contribution in [-0.4, -0.2) is 5.71 Å². The Labute approximate surface area is 79.1 Å². The summed E-state index contributed by atoms with van der Waals surface area (Å²) in [5.74, 6) is 0. The highest BCUT2D eigenvalue weighted by atomic mass is 32.1. The molecule has 1 rings (SSSR count). The van der Waals surface area contributed by atoms with Crippen molar-refractivity contribution in [3.8, 4) is 0 Å². The van der Waals surface area contributed by atoms with Gasteiger partial charge in [-0.25, -0.2) is 4.40 Å². The SMILES string of the molecule is CC(=NS)c1ccc(C)cc1C. The van der Waals surface area contributed by atoms with Crippen LogP contribution in [0.15, 0.2) is 22.6 Å². The maximum absolute atomic E-state index is 3.89. The molecule has 0 unspecified atom stereocenters. The van der Waals surface area contributed by atoms with Gasteiger partial charge in [0.2, 0.25) is 0 Å². The first-order valence-corrected chi connectivity index (χ1v) is 4.31. The van der Waals surface area contributed by atoms with Crippen LogP contribution >= 0.6 is 12.8 Å². The fraction of sp³-hybridized carbons (Fsp3) is 0.300. The monoisotopic (exact) mass is 179 g/mol. The minimum Gasteiger partial charge on any atom is -0.224 e. The third kappa shape index (κ3) is 1.89. The molecule has 1 aromatic rings. The Hall–Kier alpha value is -0.760. The minimum absolute atomic E-state index is 0.968. The van der Waals surface area contributed by atoms with Crippen molar-refractivity contribution in [1.29, 1.82) is 0 Å². The maximum atomic E-state index is 3.89. The normalized spacial score (nSPS) is 11.8. The third-order valence-corrected chi connectivity index (χ3v) is 2.22. The smallest absolute Gasteiger partial charge is 0.0527 e. The molecule has 0 spiro atoms. The molecule has 0 aliphatic carbocycles. The first-order chi connectivity index (χ1) is 5.65. The molecular formula is C10H13NS. The van der Waals surface area contributed by atoms with Crippen LogP contribution in [0.3, 0.4) is 0 Å². The van der Waals surface area contributed by atoms with Gasteiger partial charge in [0.15, 0.2) is 0 Å². The third-order valence-electron chi connectivity index (χ3n) is 1.92. The Morgan fingerprint density at radius 3 is 2.50 bits per heavy atom. The van der Waals surface area contributed by atoms with E-state index in [1.807, 2.05) is 6.92 Å². The van der Waals surface area contributed by atoms with Crippen LogP contribution in [0.4, 0.5) is 0 Å². The second kappa shape index (κ2) is 3.76. The van der Waals surface area contributed by atoms with Crippen molar-refractivity contribution in [3.05, 3.63) is 34.9 Å². The molecule has 1 nitrogen and oxygen atoms in total. The average molecular weight is 179 g/mol. The number of rotatable bonds is 1. The lowest BCUT2D eigenvalue weighted by Crippen LogP contribution is -1.96. The highest BCUT2D eigenvalue weighted by molar-refractivity contribution is 7.79. The molecule has 0 aliphatic rings. The topological polar surface area (TPSA) is 12.4 Å². The van der Waals surface area contributed by atoms with E-state index >= 15 is 0 Å². The van der Waals surface area contributed by atoms with Gasteiger partial charge in [0.1, 0.15) is 0 Å². The fourth-order valence-corrected chi connectivity index (χ4v) is 1.38. The van der Waals surface area contributed by atoms with E-state index in [4.69, 9.17) is 0 Å². The molecule has 0 bridgehead atoms. The van der Waals surface area contributed by atoms with E-state index in [1.165, 1.54) is 16.7 Å². The van der Waals surface area contributed by atoms with E-state index in [-0.39, 0.29) is 0 Å². The number of aryl methyl sites for hydroxylation is 2. The van der Waals surface area contributed by atoms with Crippen molar-refractivity contribution in [2.75, 3.05) is 0 Å². The largest absolute Gasteiger partial charge is 0.224 e. The summed E-state index contributed by atoms with van der Waals surface area (Å²) in [6, 6.07) is 6.32. The van der Waals surface area contributed by atoms with Crippen molar-refractivity contribution < 1.29 is 0 Å². The number of hydrogen-bond acceptors (Lipinski definition) is 2. The number of benzene rings is 1. The van der Waals surface area contributed by atoms with Crippen molar-refractivity contribution >= 4 is 18.5 Å². The number of thiol groups is 1. The van der Waals surface area contributed by atoms with Gasteiger partial charge in [-0.2, -0.15) is 0 Å². The maximum Gasteiger partial charge on any atom is 0.0527 e. The summed E-state index contributed by atoms with van der Waals surface area (Å²) < 4.78 is 3.86. The first kappa shape index (κ1) is 9.33. The lowest BCUT2D eigenvalue weighted by Gasteiger charge is -2.04. The Morgan fingerprint density at radius 2 is 2.00 bits per heavy atom. The zero-order valence-corrected chi connectivity index (χ0v) is 8.52. The van der Waals surface area contributed by atoms with Crippen molar-refractivity contribution in [2.24, 2.45) is 4.40 Å². The van der Waals surface area contributed by atoms with Crippen LogP contribution in [-0.2, 0) is 0 Å². The van der Waals surface area contributed by atoms with E-state index in [0.29, 0.717) is 0 Å². The van der Waals surface area contributed by atoms with Gasteiger partial charge < -0.3 is 0 Å². The molecule has 0 saturated carbocycles. The molecule has 1 aromatic carbocycles. The van der Waals surface area contributed by atoms with Gasteiger partial charge in [0.25, 0.3) is 0 Å². The molecule has 0 aliphatic heterocycles. The van der Waals surface area contributed by atoms with Gasteiger partial charge in [-0.15, -0.1) is 0 Å². The van der Waals surface area contributed by atoms with Gasteiger partial charge in [-0.3, -0.25) is 0 Å². The quantitative estimate of drug-likeness (QED) is 0.502. The summed E-state index contributed by atoms with van der Waals surface area (Å²) in [6.45, 7) is 6.14. The average Bonchev–Trinajstić information content (AvgIpc) is 2.03. The molecule has 12 heavy (non-hydrogen) atoms. The van der Waals surface area contributed by atoms with Gasteiger partial charge in [-0.05, 0) is 44.7 Å². The van der Waals surface area contributed by atoms with Crippen molar-refractivity contribution in [1.82, 2.24) is 0 Å². The van der Waals surface area contributed by atoms with E-state index in [1.54, 1.807) is 0 Å². The van der Waals surface area contributed by atoms with Gasteiger partial charge >= 0.3 is 0 Å². The van der Waals surface area contributed by atoms with Crippen molar-refractivity contribution in [3.63, 3.8) is 0 Å². The minimum atomic E-state index is 0.968. The Bertz CT molecular complexity index is 316. The van der Waals surface area contributed by atoms with Gasteiger partial charge in [0.05, 0.1) is 5.71 Å². The number of hydrogen-bond donors (Lipinski definition) is 1. The van der Waals surface area contributed by atoms with E-state index in [9.17, 15) is 0 Å². The Balaban J connectivity index is 3.18. The van der Waals surface area contributed by atoms with Crippen LogP contribution in [0.5, 0.6) is 0 Å².